The zero-order chi connectivity index (χ0) is 17.8. The van der Waals surface area contributed by atoms with E-state index in [1.165, 1.54) is 57.3 Å². The fourth-order valence-corrected chi connectivity index (χ4v) is 3.49. The van der Waals surface area contributed by atoms with Crippen LogP contribution in [0, 0.1) is 17.2 Å². The highest BCUT2D eigenvalue weighted by Gasteiger charge is 2.29. The second-order valence-electron chi connectivity index (χ2n) is 7.21. The van der Waals surface area contributed by atoms with E-state index in [1.807, 2.05) is 12.1 Å². The predicted molar refractivity (Wildman–Crippen MR) is 99.1 cm³/mol. The monoisotopic (exact) mass is 349 g/mol. The summed E-state index contributed by atoms with van der Waals surface area (Å²) in [6.07, 6.45) is 12.1. The van der Waals surface area contributed by atoms with Gasteiger partial charge in [-0.25, -0.2) is 9.97 Å². The highest BCUT2D eigenvalue weighted by atomic mass is 15.2. The minimum absolute atomic E-state index is 0.292. The maximum absolute atomic E-state index is 8.81. The van der Waals surface area contributed by atoms with E-state index in [0.717, 1.165) is 23.8 Å². The van der Waals surface area contributed by atoms with Gasteiger partial charge >= 0.3 is 0 Å². The minimum atomic E-state index is 0.292. The third-order valence-corrected chi connectivity index (χ3v) is 5.11. The lowest BCUT2D eigenvalue weighted by molar-refractivity contribution is 0.373. The van der Waals surface area contributed by atoms with Crippen LogP contribution in [0.2, 0.25) is 0 Å². The molecule has 2 aliphatic rings. The van der Waals surface area contributed by atoms with Crippen LogP contribution in [0.15, 0.2) is 18.5 Å². The summed E-state index contributed by atoms with van der Waals surface area (Å²) in [6.45, 7) is 1.00. The van der Waals surface area contributed by atoms with E-state index in [0.29, 0.717) is 23.2 Å². The number of hydrogen-bond donors (Lipinski definition) is 2. The number of rotatable bonds is 6. The maximum Gasteiger partial charge on any atom is 0.158 e. The third-order valence-electron chi connectivity index (χ3n) is 5.11. The number of nitrogens with zero attached hydrogens (tertiary/aromatic N) is 5. The van der Waals surface area contributed by atoms with Crippen LogP contribution in [0.4, 0.5) is 17.3 Å². The zero-order valence-electron chi connectivity index (χ0n) is 14.8. The van der Waals surface area contributed by atoms with Crippen molar-refractivity contribution in [1.29, 1.82) is 5.26 Å². The average Bonchev–Trinajstić information content (AvgIpc) is 3.53. The first-order chi connectivity index (χ1) is 12.8. The summed E-state index contributed by atoms with van der Waals surface area (Å²) < 4.78 is 0. The zero-order valence-corrected chi connectivity index (χ0v) is 14.8. The molecule has 2 N–H and O–H groups in total. The fraction of sp³-hybridized carbons (Fsp3) is 0.526. The molecule has 134 valence electrons. The van der Waals surface area contributed by atoms with Crippen molar-refractivity contribution in [1.82, 2.24) is 20.2 Å². The fourth-order valence-electron chi connectivity index (χ4n) is 3.49. The first-order valence-electron chi connectivity index (χ1n) is 9.42. The SMILES string of the molecule is N#Cc1cnc(Nc2cc(NCC3CCCCC3)c(C3CC3)nn2)cn1. The summed E-state index contributed by atoms with van der Waals surface area (Å²) >= 11 is 0. The van der Waals surface area contributed by atoms with Gasteiger partial charge in [-0.15, -0.1) is 5.10 Å². The lowest BCUT2D eigenvalue weighted by Gasteiger charge is -2.23. The molecule has 2 aromatic heterocycles. The van der Waals surface area contributed by atoms with Crippen LogP contribution in [0.3, 0.4) is 0 Å². The van der Waals surface area contributed by atoms with E-state index in [1.54, 1.807) is 0 Å². The van der Waals surface area contributed by atoms with Gasteiger partial charge in [-0.05, 0) is 31.6 Å². The third kappa shape index (κ3) is 4.07. The summed E-state index contributed by atoms with van der Waals surface area (Å²) in [4.78, 5) is 8.20. The van der Waals surface area contributed by atoms with Crippen LogP contribution in [0.5, 0.6) is 0 Å². The maximum atomic E-state index is 8.81. The van der Waals surface area contributed by atoms with Crippen molar-refractivity contribution < 1.29 is 0 Å². The summed E-state index contributed by atoms with van der Waals surface area (Å²) in [7, 11) is 0. The quantitative estimate of drug-likeness (QED) is 0.819. The molecule has 0 aromatic carbocycles. The molecule has 2 aliphatic carbocycles. The molecule has 0 amide bonds. The topological polar surface area (TPSA) is 99.4 Å². The number of hydrogen-bond acceptors (Lipinski definition) is 7. The van der Waals surface area contributed by atoms with E-state index in [-0.39, 0.29) is 0 Å². The van der Waals surface area contributed by atoms with Crippen LogP contribution in [-0.2, 0) is 0 Å². The molecule has 0 saturated heterocycles. The smallest absolute Gasteiger partial charge is 0.158 e. The molecule has 0 unspecified atom stereocenters. The van der Waals surface area contributed by atoms with E-state index in [2.05, 4.69) is 30.8 Å². The van der Waals surface area contributed by atoms with Crippen LogP contribution in [0.25, 0.3) is 0 Å². The van der Waals surface area contributed by atoms with Crippen molar-refractivity contribution in [3.8, 4) is 6.07 Å². The molecule has 7 nitrogen and oxygen atoms in total. The molecule has 2 heterocycles. The summed E-state index contributed by atoms with van der Waals surface area (Å²) in [5.74, 6) is 2.49. The summed E-state index contributed by atoms with van der Waals surface area (Å²) in [5, 5.41) is 24.3. The Hall–Kier alpha value is -2.75. The Kier molecular flexibility index (Phi) is 4.91. The van der Waals surface area contributed by atoms with Crippen molar-refractivity contribution >= 4 is 17.3 Å². The van der Waals surface area contributed by atoms with Crippen molar-refractivity contribution in [2.24, 2.45) is 5.92 Å². The standard InChI is InChI=1S/C19H23N7/c20-9-15-11-23-18(12-21-15)24-17-8-16(19(26-25-17)14-6-7-14)22-10-13-4-2-1-3-5-13/h8,11-14H,1-7,10H2,(H2,22,23,24,25). The molecule has 2 fully saturated rings. The first-order valence-corrected chi connectivity index (χ1v) is 9.42. The van der Waals surface area contributed by atoms with Gasteiger partial charge in [0.25, 0.3) is 0 Å². The molecular weight excluding hydrogens is 326 g/mol. The van der Waals surface area contributed by atoms with Gasteiger partial charge in [-0.3, -0.25) is 0 Å². The van der Waals surface area contributed by atoms with Gasteiger partial charge < -0.3 is 10.6 Å². The van der Waals surface area contributed by atoms with Crippen molar-refractivity contribution in [2.45, 2.75) is 50.9 Å². The van der Waals surface area contributed by atoms with Gasteiger partial charge in [-0.1, -0.05) is 19.3 Å². The first kappa shape index (κ1) is 16.7. The van der Waals surface area contributed by atoms with Crippen LogP contribution < -0.4 is 10.6 Å². The second kappa shape index (κ2) is 7.65. The van der Waals surface area contributed by atoms with E-state index in [9.17, 15) is 0 Å². The molecule has 2 saturated carbocycles. The van der Waals surface area contributed by atoms with Gasteiger partial charge in [0, 0.05) is 18.5 Å². The Morgan fingerprint density at radius 1 is 1.00 bits per heavy atom. The van der Waals surface area contributed by atoms with Crippen LogP contribution in [-0.4, -0.2) is 26.7 Å². The van der Waals surface area contributed by atoms with Crippen molar-refractivity contribution in [2.75, 3.05) is 17.2 Å². The molecular formula is C19H23N7. The van der Waals surface area contributed by atoms with Gasteiger partial charge in [0.1, 0.15) is 11.9 Å². The van der Waals surface area contributed by atoms with Gasteiger partial charge in [0.05, 0.1) is 23.8 Å². The normalized spacial score (nSPS) is 17.5. The molecule has 4 rings (SSSR count). The number of nitrogens with one attached hydrogen (secondary N) is 2. The Balaban J connectivity index is 1.47. The van der Waals surface area contributed by atoms with Crippen LogP contribution >= 0.6 is 0 Å². The van der Waals surface area contributed by atoms with Crippen LogP contribution in [0.1, 0.15) is 62.3 Å². The van der Waals surface area contributed by atoms with Gasteiger partial charge in [0.2, 0.25) is 0 Å². The summed E-state index contributed by atoms with van der Waals surface area (Å²) in [6, 6.07) is 3.98. The molecule has 0 radical (unpaired) electrons. The largest absolute Gasteiger partial charge is 0.383 e. The van der Waals surface area contributed by atoms with E-state index < -0.39 is 0 Å². The second-order valence-corrected chi connectivity index (χ2v) is 7.21. The number of anilines is 3. The lowest BCUT2D eigenvalue weighted by Crippen LogP contribution is -2.18. The molecule has 0 atom stereocenters. The highest BCUT2D eigenvalue weighted by molar-refractivity contribution is 5.60. The average molecular weight is 349 g/mol. The lowest BCUT2D eigenvalue weighted by atomic mass is 9.89. The Labute approximate surface area is 153 Å². The summed E-state index contributed by atoms with van der Waals surface area (Å²) in [5.41, 5.74) is 2.45. The Morgan fingerprint density at radius 2 is 1.85 bits per heavy atom. The van der Waals surface area contributed by atoms with Gasteiger partial charge in [0.15, 0.2) is 11.5 Å². The molecule has 2 aromatic rings. The molecule has 7 heteroatoms. The molecule has 0 aliphatic heterocycles. The Bertz CT molecular complexity index is 787. The van der Waals surface area contributed by atoms with Crippen molar-refractivity contribution in [3.63, 3.8) is 0 Å². The molecule has 26 heavy (non-hydrogen) atoms. The number of aromatic nitrogens is 4. The van der Waals surface area contributed by atoms with E-state index >= 15 is 0 Å². The Morgan fingerprint density at radius 3 is 2.54 bits per heavy atom. The minimum Gasteiger partial charge on any atom is -0.383 e. The molecule has 0 spiro atoms. The number of nitriles is 1. The van der Waals surface area contributed by atoms with Gasteiger partial charge in [-0.2, -0.15) is 10.4 Å². The highest BCUT2D eigenvalue weighted by Crippen LogP contribution is 2.42. The van der Waals surface area contributed by atoms with E-state index in [4.69, 9.17) is 5.26 Å². The molecule has 0 bridgehead atoms. The predicted octanol–water partition coefficient (Wildman–Crippen LogP) is 3.75. The van der Waals surface area contributed by atoms with Crippen molar-refractivity contribution in [3.05, 3.63) is 29.8 Å².